The SMILES string of the molecule is CC(C)/C(=N/n1cnnc1)C1CC1. The molecule has 0 saturated heterocycles. The molecule has 1 fully saturated rings. The van der Waals surface area contributed by atoms with E-state index >= 15 is 0 Å². The lowest BCUT2D eigenvalue weighted by molar-refractivity contribution is 0.781. The smallest absolute Gasteiger partial charge is 0.141 e. The van der Waals surface area contributed by atoms with Crippen LogP contribution in [0.15, 0.2) is 17.8 Å². The number of rotatable bonds is 3. The monoisotopic (exact) mass is 178 g/mol. The minimum absolute atomic E-state index is 0.523. The van der Waals surface area contributed by atoms with Crippen molar-refractivity contribution >= 4 is 5.71 Å². The van der Waals surface area contributed by atoms with E-state index in [2.05, 4.69) is 29.1 Å². The van der Waals surface area contributed by atoms with Gasteiger partial charge in [0, 0.05) is 5.71 Å². The topological polar surface area (TPSA) is 43.1 Å². The lowest BCUT2D eigenvalue weighted by Crippen LogP contribution is -2.11. The first-order valence-corrected chi connectivity index (χ1v) is 4.70. The van der Waals surface area contributed by atoms with Crippen LogP contribution in [0.25, 0.3) is 0 Å². The van der Waals surface area contributed by atoms with Crippen molar-refractivity contribution in [1.29, 1.82) is 0 Å². The maximum atomic E-state index is 4.49. The zero-order chi connectivity index (χ0) is 9.26. The lowest BCUT2D eigenvalue weighted by Gasteiger charge is -2.07. The van der Waals surface area contributed by atoms with E-state index in [4.69, 9.17) is 0 Å². The van der Waals surface area contributed by atoms with Gasteiger partial charge in [0.1, 0.15) is 12.7 Å². The third-order valence-electron chi connectivity index (χ3n) is 2.22. The van der Waals surface area contributed by atoms with Gasteiger partial charge in [-0.05, 0) is 24.7 Å². The molecule has 0 N–H and O–H groups in total. The van der Waals surface area contributed by atoms with Gasteiger partial charge in [-0.2, -0.15) is 5.10 Å². The summed E-state index contributed by atoms with van der Waals surface area (Å²) in [4.78, 5) is 0. The van der Waals surface area contributed by atoms with Crippen LogP contribution in [-0.2, 0) is 0 Å². The summed E-state index contributed by atoms with van der Waals surface area (Å²) in [5.41, 5.74) is 1.28. The summed E-state index contributed by atoms with van der Waals surface area (Å²) in [6.07, 6.45) is 5.84. The predicted octanol–water partition coefficient (Wildman–Crippen LogP) is 1.55. The van der Waals surface area contributed by atoms with Gasteiger partial charge < -0.3 is 0 Å². The second-order valence-corrected chi connectivity index (χ2v) is 3.80. The van der Waals surface area contributed by atoms with Crippen molar-refractivity contribution in [1.82, 2.24) is 14.9 Å². The van der Waals surface area contributed by atoms with Gasteiger partial charge >= 0.3 is 0 Å². The van der Waals surface area contributed by atoms with Crippen LogP contribution < -0.4 is 0 Å². The highest BCUT2D eigenvalue weighted by atomic mass is 15.4. The quantitative estimate of drug-likeness (QED) is 0.659. The fourth-order valence-electron chi connectivity index (χ4n) is 1.43. The fraction of sp³-hybridized carbons (Fsp3) is 0.667. The first-order chi connectivity index (χ1) is 6.27. The Kier molecular flexibility index (Phi) is 2.12. The molecular formula is C9H14N4. The Bertz CT molecular complexity index is 291. The molecule has 0 spiro atoms. The standard InChI is InChI=1S/C9H14N4/c1-7(2)9(8-3-4-8)12-13-5-10-11-6-13/h5-8H,3-4H2,1-2H3/b12-9-. The van der Waals surface area contributed by atoms with Crippen molar-refractivity contribution in [2.75, 3.05) is 0 Å². The molecule has 0 bridgehead atoms. The van der Waals surface area contributed by atoms with Crippen molar-refractivity contribution < 1.29 is 0 Å². The summed E-state index contributed by atoms with van der Waals surface area (Å²) in [6, 6.07) is 0. The second-order valence-electron chi connectivity index (χ2n) is 3.80. The molecule has 0 aromatic carbocycles. The van der Waals surface area contributed by atoms with Crippen LogP contribution in [-0.4, -0.2) is 20.6 Å². The Morgan fingerprint density at radius 3 is 2.46 bits per heavy atom. The summed E-state index contributed by atoms with van der Waals surface area (Å²) in [5, 5.41) is 11.9. The molecule has 2 rings (SSSR count). The molecular weight excluding hydrogens is 164 g/mol. The molecule has 1 heterocycles. The molecule has 0 atom stereocenters. The molecule has 70 valence electrons. The van der Waals surface area contributed by atoms with E-state index < -0.39 is 0 Å². The first kappa shape index (κ1) is 8.41. The molecule has 0 amide bonds. The number of aromatic nitrogens is 3. The van der Waals surface area contributed by atoms with E-state index in [0.717, 1.165) is 0 Å². The fourth-order valence-corrected chi connectivity index (χ4v) is 1.43. The largest absolute Gasteiger partial charge is 0.208 e. The van der Waals surface area contributed by atoms with Crippen molar-refractivity contribution in [3.63, 3.8) is 0 Å². The Balaban J connectivity index is 2.19. The predicted molar refractivity (Wildman–Crippen MR) is 50.4 cm³/mol. The minimum Gasteiger partial charge on any atom is -0.208 e. The molecule has 13 heavy (non-hydrogen) atoms. The zero-order valence-electron chi connectivity index (χ0n) is 8.01. The highest BCUT2D eigenvalue weighted by Gasteiger charge is 2.29. The van der Waals surface area contributed by atoms with Gasteiger partial charge in [0.25, 0.3) is 0 Å². The lowest BCUT2D eigenvalue weighted by atomic mass is 10.0. The van der Waals surface area contributed by atoms with Gasteiger partial charge in [0.05, 0.1) is 0 Å². The van der Waals surface area contributed by atoms with Gasteiger partial charge in [-0.25, -0.2) is 4.68 Å². The van der Waals surface area contributed by atoms with Gasteiger partial charge in [0.2, 0.25) is 0 Å². The number of nitrogens with zero attached hydrogens (tertiary/aromatic N) is 4. The van der Waals surface area contributed by atoms with Crippen LogP contribution in [0.4, 0.5) is 0 Å². The van der Waals surface area contributed by atoms with Gasteiger partial charge in [-0.15, -0.1) is 10.2 Å². The van der Waals surface area contributed by atoms with Crippen LogP contribution >= 0.6 is 0 Å². The Labute approximate surface area is 77.7 Å². The molecule has 4 heteroatoms. The molecule has 1 aromatic rings. The molecule has 0 radical (unpaired) electrons. The van der Waals surface area contributed by atoms with Crippen LogP contribution in [0.3, 0.4) is 0 Å². The normalized spacial score (nSPS) is 18.2. The summed E-state index contributed by atoms with van der Waals surface area (Å²) in [7, 11) is 0. The number of hydrogen-bond donors (Lipinski definition) is 0. The van der Waals surface area contributed by atoms with Crippen molar-refractivity contribution in [3.8, 4) is 0 Å². The second kappa shape index (κ2) is 3.28. The third kappa shape index (κ3) is 1.94. The minimum atomic E-state index is 0.523. The Morgan fingerprint density at radius 2 is 2.00 bits per heavy atom. The van der Waals surface area contributed by atoms with Crippen molar-refractivity contribution in [2.24, 2.45) is 16.9 Å². The maximum Gasteiger partial charge on any atom is 0.141 e. The highest BCUT2D eigenvalue weighted by Crippen LogP contribution is 2.33. The Hall–Kier alpha value is -1.19. The summed E-state index contributed by atoms with van der Waals surface area (Å²) >= 11 is 0. The molecule has 1 saturated carbocycles. The first-order valence-electron chi connectivity index (χ1n) is 4.70. The molecule has 1 aromatic heterocycles. The molecule has 4 nitrogen and oxygen atoms in total. The third-order valence-corrected chi connectivity index (χ3v) is 2.22. The van der Waals surface area contributed by atoms with Crippen molar-refractivity contribution in [3.05, 3.63) is 12.7 Å². The van der Waals surface area contributed by atoms with E-state index in [0.29, 0.717) is 11.8 Å². The maximum absolute atomic E-state index is 4.49. The molecule has 1 aliphatic carbocycles. The van der Waals surface area contributed by atoms with E-state index in [-0.39, 0.29) is 0 Å². The number of hydrogen-bond acceptors (Lipinski definition) is 3. The molecule has 1 aliphatic rings. The Morgan fingerprint density at radius 1 is 1.38 bits per heavy atom. The van der Waals surface area contributed by atoms with Gasteiger partial charge in [-0.1, -0.05) is 13.8 Å². The molecule has 0 unspecified atom stereocenters. The average Bonchev–Trinajstić information content (AvgIpc) is 2.79. The summed E-state index contributed by atoms with van der Waals surface area (Å²) in [5.74, 6) is 1.23. The summed E-state index contributed by atoms with van der Waals surface area (Å²) < 4.78 is 1.69. The van der Waals surface area contributed by atoms with E-state index in [9.17, 15) is 0 Å². The van der Waals surface area contributed by atoms with Crippen LogP contribution in [0.5, 0.6) is 0 Å². The van der Waals surface area contributed by atoms with E-state index in [1.807, 2.05) is 0 Å². The highest BCUT2D eigenvalue weighted by molar-refractivity contribution is 5.90. The van der Waals surface area contributed by atoms with Crippen molar-refractivity contribution in [2.45, 2.75) is 26.7 Å². The van der Waals surface area contributed by atoms with Crippen LogP contribution in [0.2, 0.25) is 0 Å². The molecule has 0 aliphatic heterocycles. The average molecular weight is 178 g/mol. The van der Waals surface area contributed by atoms with E-state index in [1.54, 1.807) is 17.3 Å². The van der Waals surface area contributed by atoms with Crippen LogP contribution in [0.1, 0.15) is 26.7 Å². The zero-order valence-corrected chi connectivity index (χ0v) is 8.01. The van der Waals surface area contributed by atoms with E-state index in [1.165, 1.54) is 18.6 Å². The van der Waals surface area contributed by atoms with Gasteiger partial charge in [-0.3, -0.25) is 0 Å². The summed E-state index contributed by atoms with van der Waals surface area (Å²) in [6.45, 7) is 4.36. The van der Waals surface area contributed by atoms with Gasteiger partial charge in [0.15, 0.2) is 0 Å². The van der Waals surface area contributed by atoms with Crippen LogP contribution in [0, 0.1) is 11.8 Å².